The van der Waals surface area contributed by atoms with Crippen molar-refractivity contribution < 1.29 is 0 Å². The molecular formula is C19H20N4S. The summed E-state index contributed by atoms with van der Waals surface area (Å²) in [5.74, 6) is 0.744. The second-order valence-electron chi connectivity index (χ2n) is 5.76. The summed E-state index contributed by atoms with van der Waals surface area (Å²) in [6.45, 7) is 4.84. The van der Waals surface area contributed by atoms with Gasteiger partial charge in [-0.05, 0) is 43.8 Å². The fourth-order valence-corrected chi connectivity index (χ4v) is 2.63. The fraction of sp³-hybridized carbons (Fsp3) is 0.158. The molecule has 0 saturated heterocycles. The van der Waals surface area contributed by atoms with Gasteiger partial charge < -0.3 is 10.6 Å². The van der Waals surface area contributed by atoms with Crippen molar-refractivity contribution in [3.05, 3.63) is 77.5 Å². The first-order chi connectivity index (χ1) is 11.6. The molecule has 0 atom stereocenters. The summed E-state index contributed by atoms with van der Waals surface area (Å²) in [7, 11) is 0. The highest BCUT2D eigenvalue weighted by Crippen LogP contribution is 2.13. The summed E-state index contributed by atoms with van der Waals surface area (Å²) in [4.78, 5) is 0. The second-order valence-corrected chi connectivity index (χ2v) is 6.17. The van der Waals surface area contributed by atoms with Crippen molar-refractivity contribution in [3.8, 4) is 0 Å². The molecule has 0 aliphatic rings. The highest BCUT2D eigenvalue weighted by Gasteiger charge is 2.06. The second kappa shape index (κ2) is 7.27. The van der Waals surface area contributed by atoms with Crippen molar-refractivity contribution in [3.63, 3.8) is 0 Å². The maximum atomic E-state index is 5.36. The molecule has 0 fully saturated rings. The van der Waals surface area contributed by atoms with Crippen molar-refractivity contribution in [2.45, 2.75) is 20.4 Å². The Morgan fingerprint density at radius 3 is 2.42 bits per heavy atom. The third-order valence-electron chi connectivity index (χ3n) is 3.71. The van der Waals surface area contributed by atoms with E-state index < -0.39 is 0 Å². The van der Waals surface area contributed by atoms with Gasteiger partial charge in [0.2, 0.25) is 0 Å². The highest BCUT2D eigenvalue weighted by atomic mass is 32.1. The van der Waals surface area contributed by atoms with Crippen LogP contribution >= 0.6 is 12.2 Å². The van der Waals surface area contributed by atoms with E-state index in [0.29, 0.717) is 5.11 Å². The number of aromatic nitrogens is 2. The van der Waals surface area contributed by atoms with Gasteiger partial charge in [0.05, 0.1) is 6.54 Å². The van der Waals surface area contributed by atoms with Crippen LogP contribution in [0.25, 0.3) is 0 Å². The van der Waals surface area contributed by atoms with Gasteiger partial charge in [0.25, 0.3) is 0 Å². The molecule has 3 rings (SSSR count). The first-order valence-corrected chi connectivity index (χ1v) is 8.24. The molecule has 4 nitrogen and oxygen atoms in total. The van der Waals surface area contributed by atoms with E-state index in [1.807, 2.05) is 60.1 Å². The predicted octanol–water partition coefficient (Wildman–Crippen LogP) is 4.36. The zero-order valence-corrected chi connectivity index (χ0v) is 14.6. The molecule has 1 aromatic heterocycles. The van der Waals surface area contributed by atoms with E-state index in [-0.39, 0.29) is 0 Å². The van der Waals surface area contributed by atoms with Gasteiger partial charge in [-0.2, -0.15) is 5.10 Å². The average molecular weight is 336 g/mol. The standard InChI is InChI=1S/C19H20N4S/c1-14-8-10-17(11-9-14)20-19(24)21-18-12-15(2)23(22-18)13-16-6-4-3-5-7-16/h3-12H,13H2,1-2H3,(H2,20,21,22,24). The molecule has 1 heterocycles. The zero-order valence-electron chi connectivity index (χ0n) is 13.8. The first kappa shape index (κ1) is 16.2. The van der Waals surface area contributed by atoms with Gasteiger partial charge in [-0.15, -0.1) is 0 Å². The van der Waals surface area contributed by atoms with Crippen LogP contribution in [0.1, 0.15) is 16.8 Å². The average Bonchev–Trinajstić information content (AvgIpc) is 2.90. The molecule has 0 bridgehead atoms. The number of nitrogens with zero attached hydrogens (tertiary/aromatic N) is 2. The first-order valence-electron chi connectivity index (χ1n) is 7.83. The molecule has 24 heavy (non-hydrogen) atoms. The van der Waals surface area contributed by atoms with Crippen LogP contribution in [-0.2, 0) is 6.54 Å². The molecule has 2 aromatic carbocycles. The topological polar surface area (TPSA) is 41.9 Å². The lowest BCUT2D eigenvalue weighted by molar-refractivity contribution is 0.668. The number of aryl methyl sites for hydroxylation is 2. The van der Waals surface area contributed by atoms with Gasteiger partial charge >= 0.3 is 0 Å². The monoisotopic (exact) mass is 336 g/mol. The Morgan fingerprint density at radius 1 is 1.00 bits per heavy atom. The Bertz CT molecular complexity index is 822. The SMILES string of the molecule is Cc1ccc(NC(=S)Nc2cc(C)n(Cc3ccccc3)n2)cc1. The lowest BCUT2D eigenvalue weighted by Gasteiger charge is -2.08. The lowest BCUT2D eigenvalue weighted by atomic mass is 10.2. The summed E-state index contributed by atoms with van der Waals surface area (Å²) in [5, 5.41) is 11.4. The van der Waals surface area contributed by atoms with Crippen molar-refractivity contribution in [1.82, 2.24) is 9.78 Å². The van der Waals surface area contributed by atoms with Crippen molar-refractivity contribution >= 4 is 28.8 Å². The summed E-state index contributed by atoms with van der Waals surface area (Å²) in [6, 6.07) is 20.4. The van der Waals surface area contributed by atoms with E-state index in [9.17, 15) is 0 Å². The fourth-order valence-electron chi connectivity index (χ4n) is 2.40. The van der Waals surface area contributed by atoms with Crippen LogP contribution in [0.4, 0.5) is 11.5 Å². The van der Waals surface area contributed by atoms with E-state index in [1.54, 1.807) is 0 Å². The molecular weight excluding hydrogens is 316 g/mol. The van der Waals surface area contributed by atoms with E-state index in [0.717, 1.165) is 23.7 Å². The van der Waals surface area contributed by atoms with Crippen molar-refractivity contribution in [2.24, 2.45) is 0 Å². The third-order valence-corrected chi connectivity index (χ3v) is 3.91. The summed E-state index contributed by atoms with van der Waals surface area (Å²) in [6.07, 6.45) is 0. The van der Waals surface area contributed by atoms with Gasteiger partial charge in [0.15, 0.2) is 10.9 Å². The van der Waals surface area contributed by atoms with Crippen molar-refractivity contribution in [2.75, 3.05) is 10.6 Å². The number of hydrogen-bond donors (Lipinski definition) is 2. The normalized spacial score (nSPS) is 10.4. The van der Waals surface area contributed by atoms with Crippen LogP contribution in [0.15, 0.2) is 60.7 Å². The van der Waals surface area contributed by atoms with Gasteiger partial charge in [-0.3, -0.25) is 4.68 Å². The minimum absolute atomic E-state index is 0.531. The zero-order chi connectivity index (χ0) is 16.9. The van der Waals surface area contributed by atoms with E-state index in [4.69, 9.17) is 12.2 Å². The molecule has 0 spiro atoms. The minimum Gasteiger partial charge on any atom is -0.332 e. The van der Waals surface area contributed by atoms with E-state index in [2.05, 4.69) is 34.8 Å². The smallest absolute Gasteiger partial charge is 0.176 e. The van der Waals surface area contributed by atoms with Gasteiger partial charge in [0, 0.05) is 17.4 Å². The minimum atomic E-state index is 0.531. The maximum absolute atomic E-state index is 5.36. The van der Waals surface area contributed by atoms with Gasteiger partial charge in [0.1, 0.15) is 0 Å². The predicted molar refractivity (Wildman–Crippen MR) is 104 cm³/mol. The number of thiocarbonyl (C=S) groups is 1. The van der Waals surface area contributed by atoms with Crippen LogP contribution in [-0.4, -0.2) is 14.9 Å². The van der Waals surface area contributed by atoms with Crippen LogP contribution in [0.3, 0.4) is 0 Å². The van der Waals surface area contributed by atoms with Crippen molar-refractivity contribution in [1.29, 1.82) is 0 Å². The van der Waals surface area contributed by atoms with E-state index >= 15 is 0 Å². The number of anilines is 2. The maximum Gasteiger partial charge on any atom is 0.176 e. The molecule has 122 valence electrons. The lowest BCUT2D eigenvalue weighted by Crippen LogP contribution is -2.19. The molecule has 0 unspecified atom stereocenters. The Balaban J connectivity index is 1.64. The van der Waals surface area contributed by atoms with Crippen LogP contribution < -0.4 is 10.6 Å². The summed E-state index contributed by atoms with van der Waals surface area (Å²) < 4.78 is 1.96. The Kier molecular flexibility index (Phi) is 4.91. The van der Waals surface area contributed by atoms with Gasteiger partial charge in [-0.25, -0.2) is 0 Å². The molecule has 3 aromatic rings. The number of rotatable bonds is 4. The Labute approximate surface area is 147 Å². The summed E-state index contributed by atoms with van der Waals surface area (Å²) >= 11 is 5.36. The van der Waals surface area contributed by atoms with E-state index in [1.165, 1.54) is 11.1 Å². The molecule has 0 aliphatic carbocycles. The quantitative estimate of drug-likeness (QED) is 0.695. The molecule has 0 amide bonds. The van der Waals surface area contributed by atoms with Crippen LogP contribution in [0.2, 0.25) is 0 Å². The number of benzene rings is 2. The van der Waals surface area contributed by atoms with Gasteiger partial charge in [-0.1, -0.05) is 48.0 Å². The number of hydrogen-bond acceptors (Lipinski definition) is 2. The molecule has 5 heteroatoms. The Morgan fingerprint density at radius 2 is 1.71 bits per heavy atom. The molecule has 0 saturated carbocycles. The Hall–Kier alpha value is -2.66. The molecule has 0 radical (unpaired) electrons. The largest absolute Gasteiger partial charge is 0.332 e. The summed E-state index contributed by atoms with van der Waals surface area (Å²) in [5.41, 5.74) is 4.48. The third kappa shape index (κ3) is 4.20. The number of nitrogens with one attached hydrogen (secondary N) is 2. The highest BCUT2D eigenvalue weighted by molar-refractivity contribution is 7.80. The van der Waals surface area contributed by atoms with Crippen LogP contribution in [0.5, 0.6) is 0 Å². The van der Waals surface area contributed by atoms with Crippen LogP contribution in [0, 0.1) is 13.8 Å². The molecule has 0 aliphatic heterocycles. The molecule has 2 N–H and O–H groups in total.